The Balaban J connectivity index is 1.41. The molecule has 0 spiro atoms. The number of benzene rings is 1. The quantitative estimate of drug-likeness (QED) is 0.783. The molecule has 134 valence electrons. The van der Waals surface area contributed by atoms with Crippen molar-refractivity contribution in [2.75, 3.05) is 11.4 Å². The second kappa shape index (κ2) is 7.20. The molecule has 1 saturated heterocycles. The molecule has 5 nitrogen and oxygen atoms in total. The Hall–Kier alpha value is -2.82. The number of piperidine rings is 1. The topological polar surface area (TPSA) is 49.6 Å². The van der Waals surface area contributed by atoms with Gasteiger partial charge in [0.25, 0.3) is 5.91 Å². The van der Waals surface area contributed by atoms with Gasteiger partial charge in [-0.05, 0) is 56.0 Å². The van der Waals surface area contributed by atoms with Crippen LogP contribution in [0.25, 0.3) is 5.65 Å². The molecule has 1 fully saturated rings. The third kappa shape index (κ3) is 3.29. The second-order valence-corrected chi connectivity index (χ2v) is 6.96. The normalized spacial score (nSPS) is 17.4. The molecule has 1 aliphatic rings. The van der Waals surface area contributed by atoms with Gasteiger partial charge >= 0.3 is 0 Å². The first-order valence-corrected chi connectivity index (χ1v) is 9.28. The van der Waals surface area contributed by atoms with Gasteiger partial charge in [0.1, 0.15) is 11.3 Å². The number of hydrogen-bond acceptors (Lipinski definition) is 3. The largest absolute Gasteiger partial charge is 0.369 e. The fourth-order valence-corrected chi connectivity index (χ4v) is 3.66. The number of carbonyl (C=O) groups excluding carboxylic acids is 1. The van der Waals surface area contributed by atoms with Crippen LogP contribution in [0.2, 0.25) is 0 Å². The van der Waals surface area contributed by atoms with Gasteiger partial charge in [0, 0.05) is 31.0 Å². The van der Waals surface area contributed by atoms with E-state index >= 15 is 0 Å². The van der Waals surface area contributed by atoms with Crippen LogP contribution in [0.4, 0.5) is 5.69 Å². The van der Waals surface area contributed by atoms with E-state index in [-0.39, 0.29) is 5.91 Å². The fraction of sp³-hybridized carbons (Fsp3) is 0.333. The lowest BCUT2D eigenvalue weighted by Gasteiger charge is -2.35. The Morgan fingerprint density at radius 3 is 2.85 bits per heavy atom. The van der Waals surface area contributed by atoms with Crippen LogP contribution in [-0.4, -0.2) is 27.9 Å². The highest BCUT2D eigenvalue weighted by Crippen LogP contribution is 2.24. The van der Waals surface area contributed by atoms with Gasteiger partial charge in [0.05, 0.1) is 6.20 Å². The Labute approximate surface area is 153 Å². The molecule has 0 saturated carbocycles. The number of nitrogens with one attached hydrogen (secondary N) is 1. The van der Waals surface area contributed by atoms with Crippen LogP contribution in [0.5, 0.6) is 0 Å². The first-order chi connectivity index (χ1) is 12.7. The first-order valence-electron chi connectivity index (χ1n) is 9.28. The number of aromatic nitrogens is 2. The number of pyridine rings is 1. The highest BCUT2D eigenvalue weighted by molar-refractivity contribution is 5.93. The molecule has 3 heterocycles. The van der Waals surface area contributed by atoms with E-state index in [1.807, 2.05) is 24.4 Å². The lowest BCUT2D eigenvalue weighted by molar-refractivity contribution is 0.0945. The van der Waals surface area contributed by atoms with Crippen molar-refractivity contribution in [3.8, 4) is 0 Å². The third-order valence-corrected chi connectivity index (χ3v) is 5.17. The summed E-state index contributed by atoms with van der Waals surface area (Å²) in [6, 6.07) is 14.8. The molecule has 1 unspecified atom stereocenters. The van der Waals surface area contributed by atoms with Gasteiger partial charge in [-0.3, -0.25) is 9.20 Å². The lowest BCUT2D eigenvalue weighted by atomic mass is 10.0. The van der Waals surface area contributed by atoms with Gasteiger partial charge in [0.15, 0.2) is 0 Å². The Morgan fingerprint density at radius 2 is 2.04 bits per heavy atom. The molecule has 1 aromatic carbocycles. The first kappa shape index (κ1) is 16.6. The number of anilines is 1. The molecule has 1 aliphatic heterocycles. The number of carbonyl (C=O) groups is 1. The Bertz CT molecular complexity index is 900. The average molecular weight is 348 g/mol. The molecule has 0 bridgehead atoms. The zero-order valence-electron chi connectivity index (χ0n) is 15.1. The monoisotopic (exact) mass is 348 g/mol. The molecule has 1 atom stereocenters. The Kier molecular flexibility index (Phi) is 4.61. The highest BCUT2D eigenvalue weighted by Gasteiger charge is 2.18. The molecule has 3 aromatic rings. The summed E-state index contributed by atoms with van der Waals surface area (Å²) < 4.78 is 1.80. The van der Waals surface area contributed by atoms with Crippen LogP contribution in [0.3, 0.4) is 0 Å². The van der Waals surface area contributed by atoms with Crippen molar-refractivity contribution in [3.63, 3.8) is 0 Å². The van der Waals surface area contributed by atoms with E-state index in [2.05, 4.69) is 46.4 Å². The number of rotatable bonds is 4. The standard InChI is InChI=1S/C21H24N4O/c1-16-6-2-4-12-24(16)18-10-8-17(9-11-18)14-23-21(26)19-15-22-20-7-3-5-13-25(19)20/h3,5,7-11,13,15-16H,2,4,6,12,14H2,1H3,(H,23,26). The molecule has 4 rings (SSSR count). The number of fused-ring (bicyclic) bond motifs is 1. The zero-order valence-corrected chi connectivity index (χ0v) is 15.1. The predicted molar refractivity (Wildman–Crippen MR) is 103 cm³/mol. The van der Waals surface area contributed by atoms with Crippen LogP contribution in [-0.2, 0) is 6.54 Å². The van der Waals surface area contributed by atoms with E-state index in [1.165, 1.54) is 24.9 Å². The van der Waals surface area contributed by atoms with E-state index in [9.17, 15) is 4.79 Å². The summed E-state index contributed by atoms with van der Waals surface area (Å²) in [4.78, 5) is 19.2. The van der Waals surface area contributed by atoms with Crippen LogP contribution in [0, 0.1) is 0 Å². The van der Waals surface area contributed by atoms with Crippen LogP contribution in [0.1, 0.15) is 42.2 Å². The molecule has 0 radical (unpaired) electrons. The van der Waals surface area contributed by atoms with Gasteiger partial charge < -0.3 is 10.2 Å². The van der Waals surface area contributed by atoms with Crippen molar-refractivity contribution in [2.24, 2.45) is 0 Å². The number of hydrogen-bond donors (Lipinski definition) is 1. The average Bonchev–Trinajstić information content (AvgIpc) is 3.11. The Morgan fingerprint density at radius 1 is 1.19 bits per heavy atom. The minimum Gasteiger partial charge on any atom is -0.369 e. The van der Waals surface area contributed by atoms with Crippen molar-refractivity contribution < 1.29 is 4.79 Å². The second-order valence-electron chi connectivity index (χ2n) is 6.96. The maximum Gasteiger partial charge on any atom is 0.270 e. The summed E-state index contributed by atoms with van der Waals surface area (Å²) in [5.74, 6) is -0.113. The van der Waals surface area contributed by atoms with Crippen LogP contribution < -0.4 is 10.2 Å². The van der Waals surface area contributed by atoms with Crippen LogP contribution >= 0.6 is 0 Å². The smallest absolute Gasteiger partial charge is 0.270 e. The van der Waals surface area contributed by atoms with E-state index in [0.717, 1.165) is 17.8 Å². The molecule has 2 aromatic heterocycles. The molecule has 26 heavy (non-hydrogen) atoms. The van der Waals surface area contributed by atoms with Gasteiger partial charge in [-0.15, -0.1) is 0 Å². The fourth-order valence-electron chi connectivity index (χ4n) is 3.66. The van der Waals surface area contributed by atoms with Gasteiger partial charge in [0.2, 0.25) is 0 Å². The SMILES string of the molecule is CC1CCCCN1c1ccc(CNC(=O)c2cnc3ccccn23)cc1. The van der Waals surface area contributed by atoms with Crippen molar-refractivity contribution in [3.05, 3.63) is 66.1 Å². The summed E-state index contributed by atoms with van der Waals surface area (Å²) in [5.41, 5.74) is 3.70. The zero-order chi connectivity index (χ0) is 17.9. The predicted octanol–water partition coefficient (Wildman–Crippen LogP) is 3.64. The van der Waals surface area contributed by atoms with Gasteiger partial charge in [-0.1, -0.05) is 18.2 Å². The minimum absolute atomic E-state index is 0.113. The van der Waals surface area contributed by atoms with E-state index in [1.54, 1.807) is 10.6 Å². The van der Waals surface area contributed by atoms with Crippen LogP contribution in [0.15, 0.2) is 54.9 Å². The maximum absolute atomic E-state index is 12.5. The van der Waals surface area contributed by atoms with E-state index < -0.39 is 0 Å². The molecular formula is C21H24N4O. The molecule has 1 amide bonds. The van der Waals surface area contributed by atoms with Crippen molar-refractivity contribution in [1.29, 1.82) is 0 Å². The summed E-state index contributed by atoms with van der Waals surface area (Å²) in [7, 11) is 0. The maximum atomic E-state index is 12.5. The number of amides is 1. The summed E-state index contributed by atoms with van der Waals surface area (Å²) in [6.45, 7) is 3.93. The van der Waals surface area contributed by atoms with E-state index in [0.29, 0.717) is 18.3 Å². The van der Waals surface area contributed by atoms with Crippen molar-refractivity contribution >= 4 is 17.2 Å². The van der Waals surface area contributed by atoms with Gasteiger partial charge in [-0.25, -0.2) is 4.98 Å². The summed E-state index contributed by atoms with van der Waals surface area (Å²) in [5, 5.41) is 2.99. The highest BCUT2D eigenvalue weighted by atomic mass is 16.1. The van der Waals surface area contributed by atoms with Crippen molar-refractivity contribution in [2.45, 2.75) is 38.8 Å². The number of imidazole rings is 1. The minimum atomic E-state index is -0.113. The number of nitrogens with zero attached hydrogens (tertiary/aromatic N) is 3. The molecule has 0 aliphatic carbocycles. The van der Waals surface area contributed by atoms with E-state index in [4.69, 9.17) is 0 Å². The molecular weight excluding hydrogens is 324 g/mol. The lowest BCUT2D eigenvalue weighted by Crippen LogP contribution is -2.37. The molecule has 5 heteroatoms. The molecule has 1 N–H and O–H groups in total. The summed E-state index contributed by atoms with van der Waals surface area (Å²) in [6.07, 6.45) is 7.32. The third-order valence-electron chi connectivity index (χ3n) is 5.17. The summed E-state index contributed by atoms with van der Waals surface area (Å²) >= 11 is 0. The van der Waals surface area contributed by atoms with Gasteiger partial charge in [-0.2, -0.15) is 0 Å². The van der Waals surface area contributed by atoms with Crippen molar-refractivity contribution in [1.82, 2.24) is 14.7 Å².